The molecule has 2 rings (SSSR count). The maximum Gasteiger partial charge on any atom is 0.0283 e. The number of rotatable bonds is 2. The van der Waals surface area contributed by atoms with Crippen LogP contribution >= 0.6 is 31.9 Å². The highest BCUT2D eigenvalue weighted by Gasteiger charge is 1.97. The van der Waals surface area contributed by atoms with Crippen LogP contribution in [0.15, 0.2) is 36.4 Å². The molecule has 0 aliphatic heterocycles. The fourth-order valence-electron chi connectivity index (χ4n) is 1.51. The molecule has 0 saturated carbocycles. The van der Waals surface area contributed by atoms with E-state index in [9.17, 15) is 0 Å². The molecule has 0 atom stereocenters. The summed E-state index contributed by atoms with van der Waals surface area (Å²) in [7, 11) is 0. The molecule has 0 fully saturated rings. The largest absolute Gasteiger partial charge is 0.0876 e. The molecule has 0 radical (unpaired) electrons. The standard InChI is InChI=1S/C12H10Br2/c13-7-9-1-3-11-6-10(8-14)2-4-12(11)5-9/h1-6H,7-8H2. The molecule has 0 aliphatic carbocycles. The summed E-state index contributed by atoms with van der Waals surface area (Å²) in [5, 5.41) is 4.46. The van der Waals surface area contributed by atoms with Crippen molar-refractivity contribution in [3.63, 3.8) is 0 Å². The van der Waals surface area contributed by atoms with E-state index < -0.39 is 0 Å². The molecule has 0 nitrogen and oxygen atoms in total. The van der Waals surface area contributed by atoms with Crippen LogP contribution in [0.2, 0.25) is 0 Å². The van der Waals surface area contributed by atoms with Gasteiger partial charge in [-0.25, -0.2) is 0 Å². The first-order valence-corrected chi connectivity index (χ1v) is 6.71. The van der Waals surface area contributed by atoms with E-state index in [0.29, 0.717) is 0 Å². The number of fused-ring (bicyclic) bond motifs is 1. The van der Waals surface area contributed by atoms with Crippen LogP contribution in [0.5, 0.6) is 0 Å². The third-order valence-corrected chi connectivity index (χ3v) is 3.57. The number of halogens is 2. The maximum absolute atomic E-state index is 3.46. The molecule has 0 aromatic heterocycles. The van der Waals surface area contributed by atoms with Gasteiger partial charge in [-0.1, -0.05) is 68.3 Å². The number of hydrogen-bond acceptors (Lipinski definition) is 0. The first-order chi connectivity index (χ1) is 6.83. The van der Waals surface area contributed by atoms with Gasteiger partial charge in [-0.2, -0.15) is 0 Å². The second-order valence-electron chi connectivity index (χ2n) is 3.28. The zero-order chi connectivity index (χ0) is 9.97. The maximum atomic E-state index is 3.46. The second-order valence-corrected chi connectivity index (χ2v) is 4.40. The average molecular weight is 314 g/mol. The van der Waals surface area contributed by atoms with Crippen molar-refractivity contribution in [2.24, 2.45) is 0 Å². The van der Waals surface area contributed by atoms with Gasteiger partial charge in [0.05, 0.1) is 0 Å². The summed E-state index contributed by atoms with van der Waals surface area (Å²) in [6.07, 6.45) is 0. The molecule has 2 heteroatoms. The molecule has 2 aromatic rings. The van der Waals surface area contributed by atoms with E-state index in [0.717, 1.165) is 10.7 Å². The van der Waals surface area contributed by atoms with Crippen LogP contribution in [0.4, 0.5) is 0 Å². The molecule has 0 saturated heterocycles. The molecule has 0 spiro atoms. The van der Waals surface area contributed by atoms with Gasteiger partial charge in [0, 0.05) is 10.7 Å². The number of alkyl halides is 2. The highest BCUT2D eigenvalue weighted by molar-refractivity contribution is 9.08. The van der Waals surface area contributed by atoms with Crippen LogP contribution in [-0.2, 0) is 10.7 Å². The highest BCUT2D eigenvalue weighted by atomic mass is 79.9. The van der Waals surface area contributed by atoms with E-state index in [2.05, 4.69) is 68.3 Å². The van der Waals surface area contributed by atoms with Crippen molar-refractivity contribution in [2.45, 2.75) is 10.7 Å². The van der Waals surface area contributed by atoms with Gasteiger partial charge < -0.3 is 0 Å². The Balaban J connectivity index is 2.57. The molecule has 14 heavy (non-hydrogen) atoms. The highest BCUT2D eigenvalue weighted by Crippen LogP contribution is 2.20. The smallest absolute Gasteiger partial charge is 0.0283 e. The van der Waals surface area contributed by atoms with E-state index >= 15 is 0 Å². The topological polar surface area (TPSA) is 0 Å². The Morgan fingerprint density at radius 2 is 1.14 bits per heavy atom. The van der Waals surface area contributed by atoms with Crippen LogP contribution in [0.1, 0.15) is 11.1 Å². The Kier molecular flexibility index (Phi) is 3.24. The van der Waals surface area contributed by atoms with Crippen molar-refractivity contribution in [3.8, 4) is 0 Å². The lowest BCUT2D eigenvalue weighted by Gasteiger charge is -2.02. The number of hydrogen-bond donors (Lipinski definition) is 0. The zero-order valence-electron chi connectivity index (χ0n) is 7.63. The van der Waals surface area contributed by atoms with Gasteiger partial charge in [-0.05, 0) is 21.9 Å². The molecule has 72 valence electrons. The minimum Gasteiger partial charge on any atom is -0.0876 e. The summed E-state index contributed by atoms with van der Waals surface area (Å²) >= 11 is 6.93. The van der Waals surface area contributed by atoms with Crippen molar-refractivity contribution in [2.75, 3.05) is 0 Å². The third-order valence-electron chi connectivity index (χ3n) is 2.28. The molecule has 0 aliphatic rings. The van der Waals surface area contributed by atoms with E-state index in [4.69, 9.17) is 0 Å². The lowest BCUT2D eigenvalue weighted by atomic mass is 10.1. The first kappa shape index (κ1) is 10.2. The minimum absolute atomic E-state index is 0.920. The van der Waals surface area contributed by atoms with Gasteiger partial charge in [0.2, 0.25) is 0 Å². The quantitative estimate of drug-likeness (QED) is 0.709. The van der Waals surface area contributed by atoms with Crippen LogP contribution in [0.25, 0.3) is 10.8 Å². The van der Waals surface area contributed by atoms with Crippen molar-refractivity contribution >= 4 is 42.6 Å². The second kappa shape index (κ2) is 4.45. The number of benzene rings is 2. The molecule has 2 aromatic carbocycles. The van der Waals surface area contributed by atoms with Gasteiger partial charge in [0.25, 0.3) is 0 Å². The molecular weight excluding hydrogens is 304 g/mol. The molecule has 0 heterocycles. The fraction of sp³-hybridized carbons (Fsp3) is 0.167. The predicted molar refractivity (Wildman–Crippen MR) is 69.2 cm³/mol. The zero-order valence-corrected chi connectivity index (χ0v) is 10.8. The normalized spacial score (nSPS) is 10.7. The Hall–Kier alpha value is -0.340. The Morgan fingerprint density at radius 1 is 0.714 bits per heavy atom. The summed E-state index contributed by atoms with van der Waals surface area (Å²) < 4.78 is 0. The lowest BCUT2D eigenvalue weighted by Crippen LogP contribution is -1.81. The van der Waals surface area contributed by atoms with Gasteiger partial charge >= 0.3 is 0 Å². The molecule has 0 bridgehead atoms. The van der Waals surface area contributed by atoms with Crippen LogP contribution in [-0.4, -0.2) is 0 Å². The Morgan fingerprint density at radius 3 is 1.50 bits per heavy atom. The summed E-state index contributed by atoms with van der Waals surface area (Å²) in [5.74, 6) is 0. The van der Waals surface area contributed by atoms with E-state index in [-0.39, 0.29) is 0 Å². The molecule has 0 N–H and O–H groups in total. The van der Waals surface area contributed by atoms with E-state index in [1.807, 2.05) is 0 Å². The summed E-state index contributed by atoms with van der Waals surface area (Å²) in [6, 6.07) is 13.1. The Bertz CT molecular complexity index is 406. The van der Waals surface area contributed by atoms with Crippen molar-refractivity contribution in [1.82, 2.24) is 0 Å². The van der Waals surface area contributed by atoms with Crippen LogP contribution in [0, 0.1) is 0 Å². The van der Waals surface area contributed by atoms with Gasteiger partial charge in [-0.15, -0.1) is 0 Å². The SMILES string of the molecule is BrCc1ccc2cc(CBr)ccc2c1. The van der Waals surface area contributed by atoms with Crippen molar-refractivity contribution in [1.29, 1.82) is 0 Å². The fourth-order valence-corrected chi connectivity index (χ4v) is 2.21. The predicted octanol–water partition coefficient (Wildman–Crippen LogP) is 4.63. The molecule has 0 unspecified atom stereocenters. The van der Waals surface area contributed by atoms with Gasteiger partial charge in [0.1, 0.15) is 0 Å². The summed E-state index contributed by atoms with van der Waals surface area (Å²) in [6.45, 7) is 0. The van der Waals surface area contributed by atoms with E-state index in [1.165, 1.54) is 21.9 Å². The van der Waals surface area contributed by atoms with Crippen molar-refractivity contribution < 1.29 is 0 Å². The minimum atomic E-state index is 0.920. The Labute approximate surface area is 101 Å². The summed E-state index contributed by atoms with van der Waals surface area (Å²) in [5.41, 5.74) is 2.65. The van der Waals surface area contributed by atoms with Crippen LogP contribution < -0.4 is 0 Å². The first-order valence-electron chi connectivity index (χ1n) is 4.47. The van der Waals surface area contributed by atoms with Crippen LogP contribution in [0.3, 0.4) is 0 Å². The van der Waals surface area contributed by atoms with Gasteiger partial charge in [0.15, 0.2) is 0 Å². The lowest BCUT2D eigenvalue weighted by molar-refractivity contribution is 1.44. The van der Waals surface area contributed by atoms with Crippen molar-refractivity contribution in [3.05, 3.63) is 47.5 Å². The van der Waals surface area contributed by atoms with Gasteiger partial charge in [-0.3, -0.25) is 0 Å². The third kappa shape index (κ3) is 2.01. The summed E-state index contributed by atoms with van der Waals surface area (Å²) in [4.78, 5) is 0. The molecular formula is C12H10Br2. The monoisotopic (exact) mass is 312 g/mol. The average Bonchev–Trinajstić information content (AvgIpc) is 2.27. The van der Waals surface area contributed by atoms with E-state index in [1.54, 1.807) is 0 Å². The molecule has 0 amide bonds.